The standard InChI is InChI=1S/C15H25FN2/c1-11(17)14(18(5)10-15(2,3)4)12-8-6-7-9-13(12)16/h6-9,11,14H,10,17H2,1-5H3. The molecule has 3 heteroatoms. The molecule has 0 fully saturated rings. The van der Waals surface area contributed by atoms with Crippen molar-refractivity contribution in [3.63, 3.8) is 0 Å². The molecule has 1 aromatic rings. The largest absolute Gasteiger partial charge is 0.326 e. The van der Waals surface area contributed by atoms with Crippen LogP contribution in [-0.2, 0) is 0 Å². The summed E-state index contributed by atoms with van der Waals surface area (Å²) in [4.78, 5) is 2.14. The number of halogens is 1. The molecule has 18 heavy (non-hydrogen) atoms. The third-order valence-corrected chi connectivity index (χ3v) is 2.92. The summed E-state index contributed by atoms with van der Waals surface area (Å²) in [5.74, 6) is -0.180. The molecule has 0 amide bonds. The van der Waals surface area contributed by atoms with Gasteiger partial charge in [-0.3, -0.25) is 4.90 Å². The van der Waals surface area contributed by atoms with Crippen LogP contribution >= 0.6 is 0 Å². The fourth-order valence-corrected chi connectivity index (χ4v) is 2.48. The predicted octanol–water partition coefficient (Wildman–Crippen LogP) is 3.19. The van der Waals surface area contributed by atoms with Crippen LogP contribution < -0.4 is 5.73 Å². The molecule has 0 radical (unpaired) electrons. The van der Waals surface area contributed by atoms with Crippen LogP contribution in [0.5, 0.6) is 0 Å². The lowest BCUT2D eigenvalue weighted by atomic mass is 9.92. The van der Waals surface area contributed by atoms with Gasteiger partial charge in [0.05, 0.1) is 6.04 Å². The van der Waals surface area contributed by atoms with E-state index in [0.717, 1.165) is 6.54 Å². The molecule has 1 aromatic carbocycles. The second-order valence-electron chi connectivity index (χ2n) is 6.30. The summed E-state index contributed by atoms with van der Waals surface area (Å²) in [5.41, 5.74) is 6.89. The van der Waals surface area contributed by atoms with Crippen LogP contribution in [0.4, 0.5) is 4.39 Å². The van der Waals surface area contributed by atoms with Gasteiger partial charge >= 0.3 is 0 Å². The number of hydrogen-bond donors (Lipinski definition) is 1. The molecule has 0 saturated heterocycles. The van der Waals surface area contributed by atoms with Gasteiger partial charge < -0.3 is 5.73 Å². The Morgan fingerprint density at radius 3 is 2.28 bits per heavy atom. The van der Waals surface area contributed by atoms with E-state index in [9.17, 15) is 4.39 Å². The minimum atomic E-state index is -0.180. The Balaban J connectivity index is 3.00. The van der Waals surface area contributed by atoms with Gasteiger partial charge in [-0.25, -0.2) is 4.39 Å². The average molecular weight is 252 g/mol. The molecule has 2 unspecified atom stereocenters. The molecule has 0 aliphatic heterocycles. The second-order valence-corrected chi connectivity index (χ2v) is 6.30. The predicted molar refractivity (Wildman–Crippen MR) is 74.9 cm³/mol. The lowest BCUT2D eigenvalue weighted by Crippen LogP contribution is -2.41. The number of rotatable bonds is 4. The molecule has 0 heterocycles. The highest BCUT2D eigenvalue weighted by molar-refractivity contribution is 5.22. The summed E-state index contributed by atoms with van der Waals surface area (Å²) in [7, 11) is 2.01. The normalized spacial score (nSPS) is 15.8. The number of nitrogens with zero attached hydrogens (tertiary/aromatic N) is 1. The lowest BCUT2D eigenvalue weighted by molar-refractivity contribution is 0.154. The van der Waals surface area contributed by atoms with Crippen molar-refractivity contribution in [2.75, 3.05) is 13.6 Å². The summed E-state index contributed by atoms with van der Waals surface area (Å²) in [6, 6.07) is 6.68. The van der Waals surface area contributed by atoms with Gasteiger partial charge in [-0.15, -0.1) is 0 Å². The highest BCUT2D eigenvalue weighted by Crippen LogP contribution is 2.27. The molecule has 0 spiro atoms. The van der Waals surface area contributed by atoms with E-state index in [1.807, 2.05) is 26.1 Å². The Labute approximate surface area is 110 Å². The maximum Gasteiger partial charge on any atom is 0.128 e. The van der Waals surface area contributed by atoms with Gasteiger partial charge in [0.15, 0.2) is 0 Å². The van der Waals surface area contributed by atoms with Crippen molar-refractivity contribution >= 4 is 0 Å². The molecule has 0 aliphatic rings. The first-order valence-corrected chi connectivity index (χ1v) is 6.42. The van der Waals surface area contributed by atoms with Gasteiger partial charge in [0.2, 0.25) is 0 Å². The van der Waals surface area contributed by atoms with Crippen LogP contribution in [0.15, 0.2) is 24.3 Å². The summed E-state index contributed by atoms with van der Waals surface area (Å²) < 4.78 is 13.9. The van der Waals surface area contributed by atoms with Crippen molar-refractivity contribution in [3.8, 4) is 0 Å². The summed E-state index contributed by atoms with van der Waals surface area (Å²) in [6.07, 6.45) is 0. The number of hydrogen-bond acceptors (Lipinski definition) is 2. The van der Waals surface area contributed by atoms with Gasteiger partial charge in [0, 0.05) is 18.2 Å². The zero-order valence-corrected chi connectivity index (χ0v) is 12.1. The zero-order valence-electron chi connectivity index (χ0n) is 12.1. The van der Waals surface area contributed by atoms with Crippen molar-refractivity contribution in [2.24, 2.45) is 11.1 Å². The topological polar surface area (TPSA) is 29.3 Å². The van der Waals surface area contributed by atoms with E-state index in [1.165, 1.54) is 6.07 Å². The fraction of sp³-hybridized carbons (Fsp3) is 0.600. The zero-order chi connectivity index (χ0) is 13.9. The maximum absolute atomic E-state index is 13.9. The highest BCUT2D eigenvalue weighted by Gasteiger charge is 2.26. The first-order chi connectivity index (χ1) is 8.22. The van der Waals surface area contributed by atoms with Crippen LogP contribution in [-0.4, -0.2) is 24.5 Å². The third-order valence-electron chi connectivity index (χ3n) is 2.92. The Morgan fingerprint density at radius 2 is 1.83 bits per heavy atom. The van der Waals surface area contributed by atoms with Crippen LogP contribution in [0.1, 0.15) is 39.3 Å². The minimum absolute atomic E-state index is 0.0922. The van der Waals surface area contributed by atoms with Crippen molar-refractivity contribution in [1.29, 1.82) is 0 Å². The average Bonchev–Trinajstić information content (AvgIpc) is 2.17. The minimum Gasteiger partial charge on any atom is -0.326 e. The van der Waals surface area contributed by atoms with Crippen LogP contribution in [0, 0.1) is 11.2 Å². The van der Waals surface area contributed by atoms with E-state index in [2.05, 4.69) is 25.7 Å². The Kier molecular flexibility index (Phi) is 4.88. The van der Waals surface area contributed by atoms with Gasteiger partial charge in [0.25, 0.3) is 0 Å². The van der Waals surface area contributed by atoms with Gasteiger partial charge in [-0.05, 0) is 25.5 Å². The summed E-state index contributed by atoms with van der Waals surface area (Å²) in [6.45, 7) is 9.30. The first kappa shape index (κ1) is 15.1. The van der Waals surface area contributed by atoms with Gasteiger partial charge in [-0.2, -0.15) is 0 Å². The van der Waals surface area contributed by atoms with Crippen molar-refractivity contribution < 1.29 is 4.39 Å². The van der Waals surface area contributed by atoms with Crippen LogP contribution in [0.25, 0.3) is 0 Å². The molecule has 0 bridgehead atoms. The van der Waals surface area contributed by atoms with Crippen molar-refractivity contribution in [3.05, 3.63) is 35.6 Å². The molecule has 0 aromatic heterocycles. The monoisotopic (exact) mass is 252 g/mol. The summed E-state index contributed by atoms with van der Waals surface area (Å²) in [5, 5.41) is 0. The first-order valence-electron chi connectivity index (χ1n) is 6.42. The molecule has 102 valence electrons. The molecule has 2 N–H and O–H groups in total. The molecule has 1 rings (SSSR count). The molecule has 0 saturated carbocycles. The molecule has 0 aliphatic carbocycles. The highest BCUT2D eigenvalue weighted by atomic mass is 19.1. The molecular weight excluding hydrogens is 227 g/mol. The second kappa shape index (κ2) is 5.81. The maximum atomic E-state index is 13.9. The van der Waals surface area contributed by atoms with E-state index in [0.29, 0.717) is 5.56 Å². The molecule has 2 atom stereocenters. The van der Waals surface area contributed by atoms with E-state index >= 15 is 0 Å². The van der Waals surface area contributed by atoms with Crippen molar-refractivity contribution in [1.82, 2.24) is 4.90 Å². The molecule has 2 nitrogen and oxygen atoms in total. The SMILES string of the molecule is CC(N)C(c1ccccc1F)N(C)CC(C)(C)C. The fourth-order valence-electron chi connectivity index (χ4n) is 2.48. The third kappa shape index (κ3) is 4.07. The quantitative estimate of drug-likeness (QED) is 0.891. The Bertz CT molecular complexity index is 382. The summed E-state index contributed by atoms with van der Waals surface area (Å²) >= 11 is 0. The number of nitrogens with two attached hydrogens (primary N) is 1. The number of likely N-dealkylation sites (N-methyl/N-ethyl adjacent to an activating group) is 1. The van der Waals surface area contributed by atoms with Crippen LogP contribution in [0.3, 0.4) is 0 Å². The van der Waals surface area contributed by atoms with E-state index < -0.39 is 0 Å². The van der Waals surface area contributed by atoms with Crippen molar-refractivity contribution in [2.45, 2.75) is 39.8 Å². The Morgan fingerprint density at radius 1 is 1.28 bits per heavy atom. The van der Waals surface area contributed by atoms with E-state index in [4.69, 9.17) is 5.73 Å². The van der Waals surface area contributed by atoms with E-state index in [-0.39, 0.29) is 23.3 Å². The lowest BCUT2D eigenvalue weighted by Gasteiger charge is -2.36. The van der Waals surface area contributed by atoms with E-state index in [1.54, 1.807) is 6.07 Å². The molecular formula is C15H25FN2. The number of benzene rings is 1. The van der Waals surface area contributed by atoms with Gasteiger partial charge in [0.1, 0.15) is 5.82 Å². The Hall–Kier alpha value is -0.930. The van der Waals surface area contributed by atoms with Gasteiger partial charge in [-0.1, -0.05) is 39.0 Å². The van der Waals surface area contributed by atoms with Crippen LogP contribution in [0.2, 0.25) is 0 Å². The smallest absolute Gasteiger partial charge is 0.128 e.